The van der Waals surface area contributed by atoms with Crippen LogP contribution in [0.3, 0.4) is 0 Å². The van der Waals surface area contributed by atoms with Gasteiger partial charge in [0.2, 0.25) is 0 Å². The van der Waals surface area contributed by atoms with E-state index in [0.29, 0.717) is 12.1 Å². The summed E-state index contributed by atoms with van der Waals surface area (Å²) < 4.78 is 5.28. The molecule has 0 aromatic carbocycles. The Morgan fingerprint density at radius 2 is 2.00 bits per heavy atom. The zero-order chi connectivity index (χ0) is 12.5. The predicted octanol–water partition coefficient (Wildman–Crippen LogP) is 2.33. The van der Waals surface area contributed by atoms with Crippen LogP contribution in [0.5, 0.6) is 0 Å². The minimum Gasteiger partial charge on any atom is -0.382 e. The fraction of sp³-hybridized carbons (Fsp3) is 0.692. The van der Waals surface area contributed by atoms with Gasteiger partial charge >= 0.3 is 0 Å². The molecule has 0 saturated carbocycles. The highest BCUT2D eigenvalue weighted by atomic mass is 16.5. The lowest BCUT2D eigenvalue weighted by molar-refractivity contribution is 0.106. The van der Waals surface area contributed by atoms with Crippen molar-refractivity contribution in [1.29, 1.82) is 0 Å². The van der Waals surface area contributed by atoms with Gasteiger partial charge in [0.25, 0.3) is 0 Å². The third kappa shape index (κ3) is 5.24. The Bertz CT molecular complexity index is 292. The number of hydrogen-bond donors (Lipinski definition) is 1. The maximum absolute atomic E-state index is 5.28. The van der Waals surface area contributed by atoms with Crippen LogP contribution in [0.15, 0.2) is 18.7 Å². The normalized spacial score (nSPS) is 14.5. The van der Waals surface area contributed by atoms with Gasteiger partial charge in [0.1, 0.15) is 6.33 Å². The molecule has 0 aliphatic rings. The van der Waals surface area contributed by atoms with E-state index < -0.39 is 0 Å². The molecule has 0 aliphatic carbocycles. The van der Waals surface area contributed by atoms with Crippen LogP contribution in [0.1, 0.15) is 44.7 Å². The van der Waals surface area contributed by atoms with Crippen LogP contribution in [0.4, 0.5) is 0 Å². The first-order valence-corrected chi connectivity index (χ1v) is 6.29. The van der Waals surface area contributed by atoms with E-state index in [4.69, 9.17) is 4.74 Å². The van der Waals surface area contributed by atoms with Crippen molar-refractivity contribution >= 4 is 0 Å². The van der Waals surface area contributed by atoms with Crippen molar-refractivity contribution in [3.05, 3.63) is 24.3 Å². The molecule has 1 aromatic rings. The third-order valence-corrected chi connectivity index (χ3v) is 2.89. The van der Waals surface area contributed by atoms with Crippen molar-refractivity contribution in [2.75, 3.05) is 13.7 Å². The highest BCUT2D eigenvalue weighted by Gasteiger charge is 2.12. The number of nitrogens with one attached hydrogen (secondary N) is 1. The number of hydrogen-bond acceptors (Lipinski definition) is 4. The lowest BCUT2D eigenvalue weighted by Crippen LogP contribution is -2.23. The summed E-state index contributed by atoms with van der Waals surface area (Å²) in [4.78, 5) is 8.16. The molecule has 1 rings (SSSR count). The second kappa shape index (κ2) is 8.14. The zero-order valence-electron chi connectivity index (χ0n) is 11.0. The summed E-state index contributed by atoms with van der Waals surface area (Å²) in [5.74, 6) is 0. The highest BCUT2D eigenvalue weighted by molar-refractivity contribution is 5.09. The van der Waals surface area contributed by atoms with Crippen molar-refractivity contribution in [3.63, 3.8) is 0 Å². The van der Waals surface area contributed by atoms with E-state index in [0.717, 1.165) is 31.4 Å². The minimum absolute atomic E-state index is 0.297. The molecule has 0 amide bonds. The lowest BCUT2D eigenvalue weighted by Gasteiger charge is -2.19. The van der Waals surface area contributed by atoms with Crippen LogP contribution in [0.2, 0.25) is 0 Å². The predicted molar refractivity (Wildman–Crippen MR) is 68.8 cm³/mol. The van der Waals surface area contributed by atoms with Crippen LogP contribution in [-0.4, -0.2) is 29.7 Å². The summed E-state index contributed by atoms with van der Waals surface area (Å²) in [5, 5.41) is 3.53. The molecule has 0 spiro atoms. The van der Waals surface area contributed by atoms with E-state index in [1.165, 1.54) is 0 Å². The van der Waals surface area contributed by atoms with Gasteiger partial charge in [-0.3, -0.25) is 0 Å². The average Bonchev–Trinajstić information content (AvgIpc) is 2.39. The van der Waals surface area contributed by atoms with Crippen LogP contribution < -0.4 is 5.32 Å². The molecular formula is C13H23N3O. The second-order valence-corrected chi connectivity index (χ2v) is 4.30. The molecule has 4 nitrogen and oxygen atoms in total. The van der Waals surface area contributed by atoms with Crippen molar-refractivity contribution in [3.8, 4) is 0 Å². The molecular weight excluding hydrogens is 214 g/mol. The Labute approximate surface area is 104 Å². The summed E-state index contributed by atoms with van der Waals surface area (Å²) in [6.07, 6.45) is 8.85. The molecule has 2 atom stereocenters. The van der Waals surface area contributed by atoms with Gasteiger partial charge in [-0.05, 0) is 32.7 Å². The largest absolute Gasteiger partial charge is 0.382 e. The van der Waals surface area contributed by atoms with E-state index in [2.05, 4.69) is 29.1 Å². The quantitative estimate of drug-likeness (QED) is 0.754. The molecule has 0 saturated heterocycles. The molecule has 96 valence electrons. The molecule has 2 unspecified atom stereocenters. The number of aromatic nitrogens is 2. The monoisotopic (exact) mass is 237 g/mol. The first-order valence-electron chi connectivity index (χ1n) is 6.29. The van der Waals surface area contributed by atoms with Crippen LogP contribution in [0, 0.1) is 0 Å². The Morgan fingerprint density at radius 1 is 1.29 bits per heavy atom. The summed E-state index contributed by atoms with van der Waals surface area (Å²) in [6, 6.07) is 0.328. The third-order valence-electron chi connectivity index (χ3n) is 2.89. The summed E-state index contributed by atoms with van der Waals surface area (Å²) >= 11 is 0. The fourth-order valence-corrected chi connectivity index (χ4v) is 1.71. The smallest absolute Gasteiger partial charge is 0.115 e. The average molecular weight is 237 g/mol. The van der Waals surface area contributed by atoms with Gasteiger partial charge < -0.3 is 10.1 Å². The highest BCUT2D eigenvalue weighted by Crippen LogP contribution is 2.18. The van der Waals surface area contributed by atoms with Crippen molar-refractivity contribution in [1.82, 2.24) is 15.3 Å². The fourth-order valence-electron chi connectivity index (χ4n) is 1.71. The van der Waals surface area contributed by atoms with E-state index >= 15 is 0 Å². The maximum atomic E-state index is 5.28. The Hall–Kier alpha value is -1.00. The van der Waals surface area contributed by atoms with Gasteiger partial charge in [0.15, 0.2) is 0 Å². The first kappa shape index (κ1) is 14.1. The number of methoxy groups -OCH3 is 1. The van der Waals surface area contributed by atoms with Crippen molar-refractivity contribution < 1.29 is 4.74 Å². The molecule has 1 aromatic heterocycles. The topological polar surface area (TPSA) is 47.0 Å². The van der Waals surface area contributed by atoms with Gasteiger partial charge in [0, 0.05) is 31.1 Å². The van der Waals surface area contributed by atoms with Crippen molar-refractivity contribution in [2.24, 2.45) is 0 Å². The molecule has 0 radical (unpaired) electrons. The lowest BCUT2D eigenvalue weighted by atomic mass is 10.0. The van der Waals surface area contributed by atoms with Gasteiger partial charge in [-0.1, -0.05) is 6.92 Å². The van der Waals surface area contributed by atoms with E-state index in [1.807, 2.05) is 12.4 Å². The number of ether oxygens (including phenoxy) is 1. The first-order chi connectivity index (χ1) is 8.27. The SMILES string of the molecule is CCCNC(CCC(C)OC)c1cncnc1. The second-order valence-electron chi connectivity index (χ2n) is 4.30. The van der Waals surface area contributed by atoms with E-state index in [9.17, 15) is 0 Å². The van der Waals surface area contributed by atoms with Gasteiger partial charge in [-0.25, -0.2) is 9.97 Å². The Morgan fingerprint density at radius 3 is 2.59 bits per heavy atom. The van der Waals surface area contributed by atoms with Crippen molar-refractivity contribution in [2.45, 2.75) is 45.3 Å². The van der Waals surface area contributed by atoms with Gasteiger partial charge in [-0.15, -0.1) is 0 Å². The van der Waals surface area contributed by atoms with Crippen LogP contribution >= 0.6 is 0 Å². The van der Waals surface area contributed by atoms with Gasteiger partial charge in [-0.2, -0.15) is 0 Å². The van der Waals surface area contributed by atoms with E-state index in [-0.39, 0.29) is 0 Å². The molecule has 0 bridgehead atoms. The standard InChI is InChI=1S/C13H23N3O/c1-4-7-16-13(6-5-11(2)17-3)12-8-14-10-15-9-12/h8-11,13,16H,4-7H2,1-3H3. The summed E-state index contributed by atoms with van der Waals surface area (Å²) in [5.41, 5.74) is 1.16. The minimum atomic E-state index is 0.297. The van der Waals surface area contributed by atoms with E-state index in [1.54, 1.807) is 13.4 Å². The Kier molecular flexibility index (Phi) is 6.74. The summed E-state index contributed by atoms with van der Waals surface area (Å²) in [6.45, 7) is 5.28. The van der Waals surface area contributed by atoms with Gasteiger partial charge in [0.05, 0.1) is 6.10 Å². The molecule has 17 heavy (non-hydrogen) atoms. The molecule has 4 heteroatoms. The maximum Gasteiger partial charge on any atom is 0.115 e. The van der Waals surface area contributed by atoms with Crippen LogP contribution in [0.25, 0.3) is 0 Å². The number of nitrogens with zero attached hydrogens (tertiary/aromatic N) is 2. The molecule has 0 fully saturated rings. The summed E-state index contributed by atoms with van der Waals surface area (Å²) in [7, 11) is 1.75. The zero-order valence-corrected chi connectivity index (χ0v) is 11.0. The molecule has 1 N–H and O–H groups in total. The molecule has 0 aliphatic heterocycles. The molecule has 1 heterocycles. The van der Waals surface area contributed by atoms with Crippen LogP contribution in [-0.2, 0) is 4.74 Å². The Balaban J connectivity index is 2.54. The number of rotatable bonds is 8.